The normalized spacial score (nSPS) is 20.8. The molecule has 2 rings (SSSR count). The Morgan fingerprint density at radius 1 is 1.53 bits per heavy atom. The highest BCUT2D eigenvalue weighted by Gasteiger charge is 2.44. The van der Waals surface area contributed by atoms with Crippen molar-refractivity contribution in [3.63, 3.8) is 0 Å². The van der Waals surface area contributed by atoms with E-state index in [0.717, 1.165) is 6.54 Å². The van der Waals surface area contributed by atoms with Crippen LogP contribution in [0.3, 0.4) is 0 Å². The predicted molar refractivity (Wildman–Crippen MR) is 63.7 cm³/mol. The number of methoxy groups -OCH3 is 1. The minimum Gasteiger partial charge on any atom is -0.464 e. The van der Waals surface area contributed by atoms with E-state index in [1.165, 1.54) is 19.7 Å². The molecule has 0 radical (unpaired) electrons. The molecule has 0 spiro atoms. The summed E-state index contributed by atoms with van der Waals surface area (Å²) in [4.78, 5) is 19.2. The first-order valence-electron chi connectivity index (χ1n) is 5.67. The Bertz CT molecular complexity index is 414. The first kappa shape index (κ1) is 11.8. The number of carbonyl (C=O) groups is 1. The third-order valence-corrected chi connectivity index (χ3v) is 3.29. The van der Waals surface area contributed by atoms with Crippen LogP contribution in [0.25, 0.3) is 0 Å². The van der Waals surface area contributed by atoms with E-state index in [2.05, 4.69) is 33.9 Å². The Morgan fingerprint density at radius 2 is 2.24 bits per heavy atom. The summed E-state index contributed by atoms with van der Waals surface area (Å²) in [5.41, 5.74) is 0.677. The molecule has 17 heavy (non-hydrogen) atoms. The highest BCUT2D eigenvalue weighted by atomic mass is 16.5. The number of esters is 1. The Morgan fingerprint density at radius 3 is 2.71 bits per heavy atom. The van der Waals surface area contributed by atoms with Gasteiger partial charge in [-0.05, 0) is 17.8 Å². The van der Waals surface area contributed by atoms with Crippen LogP contribution in [0.5, 0.6) is 0 Å². The lowest BCUT2D eigenvalue weighted by Crippen LogP contribution is -2.10. The highest BCUT2D eigenvalue weighted by molar-refractivity contribution is 5.86. The van der Waals surface area contributed by atoms with Crippen molar-refractivity contribution in [3.8, 4) is 0 Å². The molecular formula is C12H17N3O2. The number of carbonyl (C=O) groups excluding carboxylic acids is 1. The molecule has 1 unspecified atom stereocenters. The molecule has 5 heteroatoms. The lowest BCUT2D eigenvalue weighted by molar-refractivity contribution is 0.0593. The van der Waals surface area contributed by atoms with E-state index in [9.17, 15) is 4.79 Å². The standard InChI is InChI=1S/C12H17N3O2/c1-12(2)4-8(12)5-14-10-7-13-9(6-15-10)11(16)17-3/h6-8H,4-5H2,1-3H3,(H,14,15). The lowest BCUT2D eigenvalue weighted by atomic mass is 10.1. The molecule has 0 amide bonds. The Hall–Kier alpha value is -1.65. The number of hydrogen-bond acceptors (Lipinski definition) is 5. The van der Waals surface area contributed by atoms with Crippen LogP contribution in [0, 0.1) is 11.3 Å². The second-order valence-electron chi connectivity index (χ2n) is 5.05. The van der Waals surface area contributed by atoms with Crippen LogP contribution in [0.1, 0.15) is 30.8 Å². The van der Waals surface area contributed by atoms with Crippen LogP contribution >= 0.6 is 0 Å². The number of nitrogens with zero attached hydrogens (tertiary/aromatic N) is 2. The number of ether oxygens (including phenoxy) is 1. The third kappa shape index (κ3) is 2.72. The maximum absolute atomic E-state index is 11.1. The van der Waals surface area contributed by atoms with E-state index in [1.807, 2.05) is 0 Å². The van der Waals surface area contributed by atoms with Gasteiger partial charge in [-0.15, -0.1) is 0 Å². The minimum absolute atomic E-state index is 0.227. The van der Waals surface area contributed by atoms with Gasteiger partial charge in [-0.25, -0.2) is 14.8 Å². The SMILES string of the molecule is COC(=O)c1cnc(NCC2CC2(C)C)cn1. The van der Waals surface area contributed by atoms with Gasteiger partial charge in [-0.2, -0.15) is 0 Å². The van der Waals surface area contributed by atoms with E-state index in [-0.39, 0.29) is 5.69 Å². The first-order valence-corrected chi connectivity index (χ1v) is 5.67. The Kier molecular flexibility index (Phi) is 3.00. The fourth-order valence-corrected chi connectivity index (χ4v) is 1.78. The summed E-state index contributed by atoms with van der Waals surface area (Å²) in [5, 5.41) is 3.22. The Labute approximate surface area is 101 Å². The van der Waals surface area contributed by atoms with Crippen molar-refractivity contribution in [1.29, 1.82) is 0 Å². The molecule has 92 valence electrons. The highest BCUT2D eigenvalue weighted by Crippen LogP contribution is 2.51. The summed E-state index contributed by atoms with van der Waals surface area (Å²) in [5.74, 6) is 0.928. The van der Waals surface area contributed by atoms with Gasteiger partial charge >= 0.3 is 5.97 Å². The average molecular weight is 235 g/mol. The quantitative estimate of drug-likeness (QED) is 0.805. The van der Waals surface area contributed by atoms with Crippen LogP contribution in [-0.2, 0) is 4.74 Å². The summed E-state index contributed by atoms with van der Waals surface area (Å²) >= 11 is 0. The van der Waals surface area contributed by atoms with Gasteiger partial charge in [0.05, 0.1) is 19.5 Å². The van der Waals surface area contributed by atoms with Crippen LogP contribution in [-0.4, -0.2) is 29.6 Å². The molecule has 5 nitrogen and oxygen atoms in total. The zero-order valence-electron chi connectivity index (χ0n) is 10.4. The number of aromatic nitrogens is 2. The number of rotatable bonds is 4. The van der Waals surface area contributed by atoms with E-state index < -0.39 is 5.97 Å². The summed E-state index contributed by atoms with van der Waals surface area (Å²) in [6, 6.07) is 0. The van der Waals surface area contributed by atoms with E-state index in [4.69, 9.17) is 0 Å². The van der Waals surface area contributed by atoms with E-state index in [0.29, 0.717) is 17.2 Å². The van der Waals surface area contributed by atoms with E-state index >= 15 is 0 Å². The van der Waals surface area contributed by atoms with Gasteiger partial charge in [-0.3, -0.25) is 0 Å². The van der Waals surface area contributed by atoms with Gasteiger partial charge < -0.3 is 10.1 Å². The second-order valence-corrected chi connectivity index (χ2v) is 5.05. The molecule has 1 aromatic heterocycles. The van der Waals surface area contributed by atoms with Crippen molar-refractivity contribution >= 4 is 11.8 Å². The average Bonchev–Trinajstić information content (AvgIpc) is 2.94. The number of hydrogen-bond donors (Lipinski definition) is 1. The third-order valence-electron chi connectivity index (χ3n) is 3.29. The molecule has 0 aromatic carbocycles. The molecule has 0 bridgehead atoms. The van der Waals surface area contributed by atoms with E-state index in [1.54, 1.807) is 6.20 Å². The Balaban J connectivity index is 1.88. The van der Waals surface area contributed by atoms with Crippen molar-refractivity contribution in [2.24, 2.45) is 11.3 Å². The summed E-state index contributed by atoms with van der Waals surface area (Å²) in [7, 11) is 1.32. The van der Waals surface area contributed by atoms with Crippen molar-refractivity contribution < 1.29 is 9.53 Å². The first-order chi connectivity index (χ1) is 8.03. The fraction of sp³-hybridized carbons (Fsp3) is 0.583. The largest absolute Gasteiger partial charge is 0.464 e. The van der Waals surface area contributed by atoms with Crippen molar-refractivity contribution in [3.05, 3.63) is 18.1 Å². The summed E-state index contributed by atoms with van der Waals surface area (Å²) < 4.78 is 4.55. The monoisotopic (exact) mass is 235 g/mol. The van der Waals surface area contributed by atoms with Crippen LogP contribution in [0.15, 0.2) is 12.4 Å². The van der Waals surface area contributed by atoms with Gasteiger partial charge in [-0.1, -0.05) is 13.8 Å². The van der Waals surface area contributed by atoms with Crippen LogP contribution in [0.4, 0.5) is 5.82 Å². The van der Waals surface area contributed by atoms with Crippen LogP contribution < -0.4 is 5.32 Å². The summed E-state index contributed by atoms with van der Waals surface area (Å²) in [6.07, 6.45) is 4.22. The van der Waals surface area contributed by atoms with Gasteiger partial charge in [0.15, 0.2) is 5.69 Å². The van der Waals surface area contributed by atoms with Gasteiger partial charge in [0.25, 0.3) is 0 Å². The smallest absolute Gasteiger partial charge is 0.358 e. The van der Waals surface area contributed by atoms with Crippen molar-refractivity contribution in [2.45, 2.75) is 20.3 Å². The molecule has 1 aliphatic rings. The molecular weight excluding hydrogens is 218 g/mol. The van der Waals surface area contributed by atoms with Gasteiger partial charge in [0.2, 0.25) is 0 Å². The maximum Gasteiger partial charge on any atom is 0.358 e. The van der Waals surface area contributed by atoms with Crippen molar-refractivity contribution in [2.75, 3.05) is 19.0 Å². The molecule has 1 fully saturated rings. The molecule has 1 atom stereocenters. The second kappa shape index (κ2) is 4.31. The minimum atomic E-state index is -0.465. The lowest BCUT2D eigenvalue weighted by Gasteiger charge is -2.06. The van der Waals surface area contributed by atoms with Gasteiger partial charge in [0.1, 0.15) is 5.82 Å². The summed E-state index contributed by atoms with van der Waals surface area (Å²) in [6.45, 7) is 5.41. The van der Waals surface area contributed by atoms with Gasteiger partial charge in [0, 0.05) is 6.54 Å². The zero-order valence-corrected chi connectivity index (χ0v) is 10.4. The molecule has 1 aromatic rings. The molecule has 0 aliphatic heterocycles. The molecule has 1 aliphatic carbocycles. The molecule has 1 N–H and O–H groups in total. The predicted octanol–water partition coefficient (Wildman–Crippen LogP) is 1.72. The topological polar surface area (TPSA) is 64.1 Å². The maximum atomic E-state index is 11.1. The van der Waals surface area contributed by atoms with Crippen LogP contribution in [0.2, 0.25) is 0 Å². The van der Waals surface area contributed by atoms with Crippen molar-refractivity contribution in [1.82, 2.24) is 9.97 Å². The molecule has 1 heterocycles. The number of anilines is 1. The molecule has 1 saturated carbocycles. The number of nitrogens with one attached hydrogen (secondary N) is 1. The fourth-order valence-electron chi connectivity index (χ4n) is 1.78. The zero-order chi connectivity index (χ0) is 12.5. The molecule has 0 saturated heterocycles.